The van der Waals surface area contributed by atoms with Crippen LogP contribution >= 0.6 is 0 Å². The van der Waals surface area contributed by atoms with Crippen molar-refractivity contribution in [2.24, 2.45) is 0 Å². The number of pyridine rings is 2. The number of anilines is 1. The normalized spacial score (nSPS) is 15.3. The Kier molecular flexibility index (Phi) is 4.60. The predicted molar refractivity (Wildman–Crippen MR) is 80.9 cm³/mol. The smallest absolute Gasteiger partial charge is 0.257 e. The molecule has 0 bridgehead atoms. The summed E-state index contributed by atoms with van der Waals surface area (Å²) >= 11 is 0. The second-order valence-corrected chi connectivity index (χ2v) is 5.01. The fourth-order valence-corrected chi connectivity index (χ4v) is 2.19. The van der Waals surface area contributed by atoms with Gasteiger partial charge in [0.25, 0.3) is 5.91 Å². The van der Waals surface area contributed by atoms with Crippen LogP contribution in [0.15, 0.2) is 42.9 Å². The number of ether oxygens (including phenoxy) is 2. The number of carbonyl (C=O) groups is 1. The van der Waals surface area contributed by atoms with Gasteiger partial charge < -0.3 is 14.8 Å². The molecule has 1 aliphatic heterocycles. The van der Waals surface area contributed by atoms with Gasteiger partial charge in [-0.05, 0) is 18.2 Å². The Morgan fingerprint density at radius 3 is 2.77 bits per heavy atom. The van der Waals surface area contributed by atoms with Crippen LogP contribution in [0.5, 0.6) is 5.88 Å². The summed E-state index contributed by atoms with van der Waals surface area (Å²) in [7, 11) is 0. The van der Waals surface area contributed by atoms with E-state index in [9.17, 15) is 4.79 Å². The molecule has 22 heavy (non-hydrogen) atoms. The average Bonchev–Trinajstić information content (AvgIpc) is 2.57. The average molecular weight is 299 g/mol. The summed E-state index contributed by atoms with van der Waals surface area (Å²) in [6.07, 6.45) is 6.63. The van der Waals surface area contributed by atoms with Gasteiger partial charge in [0.05, 0.1) is 30.7 Å². The number of hydrogen-bond donors (Lipinski definition) is 1. The molecule has 1 saturated heterocycles. The van der Waals surface area contributed by atoms with Gasteiger partial charge in [-0.3, -0.25) is 9.78 Å². The van der Waals surface area contributed by atoms with E-state index in [4.69, 9.17) is 9.47 Å². The zero-order valence-corrected chi connectivity index (χ0v) is 12.1. The summed E-state index contributed by atoms with van der Waals surface area (Å²) in [6, 6.07) is 6.96. The summed E-state index contributed by atoms with van der Waals surface area (Å²) in [5.74, 6) is 0.308. The maximum atomic E-state index is 12.1. The highest BCUT2D eigenvalue weighted by atomic mass is 16.5. The van der Waals surface area contributed by atoms with Crippen LogP contribution in [0, 0.1) is 0 Å². The summed E-state index contributed by atoms with van der Waals surface area (Å²) in [4.78, 5) is 20.2. The van der Waals surface area contributed by atoms with Crippen molar-refractivity contribution in [3.8, 4) is 5.88 Å². The third kappa shape index (κ3) is 3.79. The van der Waals surface area contributed by atoms with E-state index < -0.39 is 0 Å². The van der Waals surface area contributed by atoms with Crippen LogP contribution in [0.3, 0.4) is 0 Å². The minimum atomic E-state index is -0.224. The molecule has 114 valence electrons. The van der Waals surface area contributed by atoms with E-state index in [-0.39, 0.29) is 12.0 Å². The number of aromatic nitrogens is 2. The van der Waals surface area contributed by atoms with Crippen LogP contribution in [0.2, 0.25) is 0 Å². The lowest BCUT2D eigenvalue weighted by molar-refractivity contribution is 0.0237. The molecule has 3 rings (SSSR count). The topological polar surface area (TPSA) is 73.3 Å². The molecule has 6 heteroatoms. The van der Waals surface area contributed by atoms with Gasteiger partial charge in [0.15, 0.2) is 0 Å². The fourth-order valence-electron chi connectivity index (χ4n) is 2.19. The van der Waals surface area contributed by atoms with E-state index in [1.807, 2.05) is 0 Å². The molecule has 0 spiro atoms. The van der Waals surface area contributed by atoms with Crippen LogP contribution < -0.4 is 10.1 Å². The Morgan fingerprint density at radius 2 is 2.09 bits per heavy atom. The standard InChI is InChI=1S/C16H17N3O3/c20-16(19-13-2-1-7-17-11-13)12-3-4-15(18-10-12)22-14-5-8-21-9-6-14/h1-4,7,10-11,14H,5-6,8-9H2,(H,19,20). The van der Waals surface area contributed by atoms with Crippen LogP contribution in [-0.2, 0) is 4.74 Å². The molecule has 3 heterocycles. The molecule has 6 nitrogen and oxygen atoms in total. The molecule has 1 aliphatic rings. The Hall–Kier alpha value is -2.47. The van der Waals surface area contributed by atoms with Gasteiger partial charge in [0.1, 0.15) is 6.10 Å². The van der Waals surface area contributed by atoms with Crippen LogP contribution in [0.1, 0.15) is 23.2 Å². The van der Waals surface area contributed by atoms with Crippen molar-refractivity contribution in [1.29, 1.82) is 0 Å². The van der Waals surface area contributed by atoms with E-state index in [2.05, 4.69) is 15.3 Å². The summed E-state index contributed by atoms with van der Waals surface area (Å²) in [5.41, 5.74) is 1.12. The molecule has 0 aromatic carbocycles. The molecule has 0 atom stereocenters. The SMILES string of the molecule is O=C(Nc1cccnc1)c1ccc(OC2CCOCC2)nc1. The predicted octanol–water partition coefficient (Wildman–Crippen LogP) is 2.29. The van der Waals surface area contributed by atoms with Crippen LogP contribution in [0.4, 0.5) is 5.69 Å². The highest BCUT2D eigenvalue weighted by Crippen LogP contribution is 2.16. The number of nitrogens with one attached hydrogen (secondary N) is 1. The van der Waals surface area contributed by atoms with Crippen molar-refractivity contribution >= 4 is 11.6 Å². The van der Waals surface area contributed by atoms with Gasteiger partial charge in [-0.25, -0.2) is 4.98 Å². The van der Waals surface area contributed by atoms with Gasteiger partial charge in [0.2, 0.25) is 5.88 Å². The summed E-state index contributed by atoms with van der Waals surface area (Å²) in [6.45, 7) is 1.44. The zero-order valence-electron chi connectivity index (χ0n) is 12.1. The molecule has 2 aromatic heterocycles. The summed E-state index contributed by atoms with van der Waals surface area (Å²) in [5, 5.41) is 2.76. The Balaban J connectivity index is 1.59. The lowest BCUT2D eigenvalue weighted by Gasteiger charge is -2.22. The van der Waals surface area contributed by atoms with Crippen molar-refractivity contribution < 1.29 is 14.3 Å². The van der Waals surface area contributed by atoms with Gasteiger partial charge in [-0.15, -0.1) is 0 Å². The van der Waals surface area contributed by atoms with Gasteiger partial charge in [-0.1, -0.05) is 0 Å². The van der Waals surface area contributed by atoms with Crippen molar-refractivity contribution in [2.75, 3.05) is 18.5 Å². The number of nitrogens with zero attached hydrogens (tertiary/aromatic N) is 2. The van der Waals surface area contributed by atoms with Crippen molar-refractivity contribution in [2.45, 2.75) is 18.9 Å². The summed E-state index contributed by atoms with van der Waals surface area (Å²) < 4.78 is 11.1. The molecule has 0 saturated carbocycles. The molecule has 1 fully saturated rings. The van der Waals surface area contributed by atoms with Crippen molar-refractivity contribution in [1.82, 2.24) is 9.97 Å². The molecular formula is C16H17N3O3. The van der Waals surface area contributed by atoms with Gasteiger partial charge >= 0.3 is 0 Å². The first-order chi connectivity index (χ1) is 10.8. The lowest BCUT2D eigenvalue weighted by atomic mass is 10.1. The molecular weight excluding hydrogens is 282 g/mol. The third-order valence-electron chi connectivity index (χ3n) is 3.37. The molecule has 0 unspecified atom stereocenters. The largest absolute Gasteiger partial charge is 0.474 e. The Morgan fingerprint density at radius 1 is 1.23 bits per heavy atom. The quantitative estimate of drug-likeness (QED) is 0.937. The van der Waals surface area contributed by atoms with Crippen LogP contribution in [0.25, 0.3) is 0 Å². The highest BCUT2D eigenvalue weighted by molar-refractivity contribution is 6.03. The number of amides is 1. The van der Waals surface area contributed by atoms with Crippen LogP contribution in [-0.4, -0.2) is 35.2 Å². The number of carbonyl (C=O) groups excluding carboxylic acids is 1. The molecule has 0 aliphatic carbocycles. The molecule has 1 N–H and O–H groups in total. The van der Waals surface area contributed by atoms with E-state index in [1.165, 1.54) is 6.20 Å². The number of rotatable bonds is 4. The molecule has 0 radical (unpaired) electrons. The van der Waals surface area contributed by atoms with Crippen molar-refractivity contribution in [3.63, 3.8) is 0 Å². The maximum Gasteiger partial charge on any atom is 0.257 e. The van der Waals surface area contributed by atoms with E-state index in [0.29, 0.717) is 17.1 Å². The van der Waals surface area contributed by atoms with Gasteiger partial charge in [-0.2, -0.15) is 0 Å². The minimum absolute atomic E-state index is 0.135. The van der Waals surface area contributed by atoms with Crippen molar-refractivity contribution in [3.05, 3.63) is 48.4 Å². The second kappa shape index (κ2) is 7.00. The first-order valence-electron chi connectivity index (χ1n) is 7.23. The van der Waals surface area contributed by atoms with E-state index in [1.54, 1.807) is 36.7 Å². The lowest BCUT2D eigenvalue weighted by Crippen LogP contribution is -2.26. The first-order valence-corrected chi connectivity index (χ1v) is 7.23. The highest BCUT2D eigenvalue weighted by Gasteiger charge is 2.16. The molecule has 1 amide bonds. The van der Waals surface area contributed by atoms with E-state index >= 15 is 0 Å². The van der Waals surface area contributed by atoms with E-state index in [0.717, 1.165) is 26.1 Å². The maximum absolute atomic E-state index is 12.1. The zero-order chi connectivity index (χ0) is 15.2. The monoisotopic (exact) mass is 299 g/mol. The molecule has 2 aromatic rings. The number of hydrogen-bond acceptors (Lipinski definition) is 5. The van der Waals surface area contributed by atoms with Gasteiger partial charge in [0, 0.05) is 31.3 Å². The fraction of sp³-hybridized carbons (Fsp3) is 0.312. The second-order valence-electron chi connectivity index (χ2n) is 5.01. The Labute approximate surface area is 128 Å². The Bertz CT molecular complexity index is 610. The first kappa shape index (κ1) is 14.5. The minimum Gasteiger partial charge on any atom is -0.474 e. The third-order valence-corrected chi connectivity index (χ3v) is 3.37.